The van der Waals surface area contributed by atoms with E-state index in [2.05, 4.69) is 30.2 Å². The third-order valence-corrected chi connectivity index (χ3v) is 6.37. The molecule has 5 rings (SSSR count). The molecule has 4 heterocycles. The third kappa shape index (κ3) is 5.62. The van der Waals surface area contributed by atoms with Crippen molar-refractivity contribution in [1.29, 1.82) is 5.26 Å². The summed E-state index contributed by atoms with van der Waals surface area (Å²) in [6, 6.07) is 6.20. The number of rotatable bonds is 10. The molecule has 4 aromatic heterocycles. The van der Waals surface area contributed by atoms with E-state index < -0.39 is 31.6 Å². The molecule has 0 saturated heterocycles. The first kappa shape index (κ1) is 28.6. The van der Waals surface area contributed by atoms with Crippen molar-refractivity contribution in [2.45, 2.75) is 25.6 Å². The van der Waals surface area contributed by atoms with E-state index in [1.165, 1.54) is 47.5 Å². The zero-order valence-electron chi connectivity index (χ0n) is 20.9. The van der Waals surface area contributed by atoms with Gasteiger partial charge in [0.1, 0.15) is 18.4 Å². The molecule has 0 amide bonds. The molecule has 0 aliphatic heterocycles. The molecule has 1 atom stereocenters. The molecule has 1 aromatic carbocycles. The van der Waals surface area contributed by atoms with E-state index in [-0.39, 0.29) is 51.0 Å². The maximum atomic E-state index is 15.3. The minimum atomic E-state index is -3.08. The smallest absolute Gasteiger partial charge is 0.345 e. The number of benzene rings is 1. The summed E-state index contributed by atoms with van der Waals surface area (Å²) >= 11 is 6.01. The summed E-state index contributed by atoms with van der Waals surface area (Å²) in [5.74, 6) is -1.08. The second-order valence-corrected chi connectivity index (χ2v) is 8.94. The lowest BCUT2D eigenvalue weighted by molar-refractivity contribution is -0.615. The van der Waals surface area contributed by atoms with Crippen molar-refractivity contribution in [3.8, 4) is 34.3 Å². The van der Waals surface area contributed by atoms with Gasteiger partial charge in [0, 0.05) is 18.7 Å². The van der Waals surface area contributed by atoms with Gasteiger partial charge in [-0.1, -0.05) is 16.8 Å². The third-order valence-electron chi connectivity index (χ3n) is 6.07. The number of nitriles is 1. The molecule has 216 valence electrons. The first-order valence-corrected chi connectivity index (χ1v) is 12.2. The summed E-state index contributed by atoms with van der Waals surface area (Å²) in [6.07, 6.45) is 5.55. The van der Waals surface area contributed by atoms with Gasteiger partial charge in [0.2, 0.25) is 5.69 Å². The van der Waals surface area contributed by atoms with Crippen molar-refractivity contribution in [2.75, 3.05) is 6.61 Å². The van der Waals surface area contributed by atoms with E-state index in [0.717, 1.165) is 17.2 Å². The highest BCUT2D eigenvalue weighted by atomic mass is 35.5. The lowest BCUT2D eigenvalue weighted by atomic mass is 10.0. The Morgan fingerprint density at radius 2 is 1.90 bits per heavy atom. The summed E-state index contributed by atoms with van der Waals surface area (Å²) in [5, 5.41) is 37.2. The Labute approximate surface area is 237 Å². The van der Waals surface area contributed by atoms with Crippen molar-refractivity contribution in [3.63, 3.8) is 0 Å². The standard InChI is InChI=1S/C24H16ClF5N10O2/c25-16-2-4-19(38-11-15(7-31)35-36-38)20(21(16)26)13-1-3-18(39(41)10-13)17(5-6-42-24(29)30)37-9-14(8-33-37)22-32-12-34-40(22)23(27)28/h1-4,8-12,17,23-24H,5-6H2/t17-/m0/s1. The summed E-state index contributed by atoms with van der Waals surface area (Å²) in [7, 11) is 0. The van der Waals surface area contributed by atoms with Gasteiger partial charge in [-0.3, -0.25) is 4.68 Å². The molecule has 5 aromatic rings. The molecular weight excluding hydrogens is 591 g/mol. The Bertz CT molecular complexity index is 1770. The maximum absolute atomic E-state index is 15.3. The zero-order chi connectivity index (χ0) is 30.0. The number of halogens is 6. The van der Waals surface area contributed by atoms with E-state index >= 15 is 4.39 Å². The first-order valence-electron chi connectivity index (χ1n) is 11.8. The van der Waals surface area contributed by atoms with E-state index in [1.54, 1.807) is 0 Å². The van der Waals surface area contributed by atoms with Gasteiger partial charge in [0.25, 0.3) is 0 Å². The van der Waals surface area contributed by atoms with Crippen molar-refractivity contribution in [2.24, 2.45) is 0 Å². The normalized spacial score (nSPS) is 12.3. The quantitative estimate of drug-likeness (QED) is 0.130. The van der Waals surface area contributed by atoms with Crippen LogP contribution in [0.15, 0.2) is 55.4 Å². The summed E-state index contributed by atoms with van der Waals surface area (Å²) in [6.45, 7) is -6.56. The number of nitrogens with zero attached hydrogens (tertiary/aromatic N) is 10. The van der Waals surface area contributed by atoms with Crippen molar-refractivity contribution in [1.82, 2.24) is 39.5 Å². The summed E-state index contributed by atoms with van der Waals surface area (Å²) < 4.78 is 74.8. The van der Waals surface area contributed by atoms with Crippen molar-refractivity contribution in [3.05, 3.63) is 82.8 Å². The Balaban J connectivity index is 1.55. The largest absolute Gasteiger partial charge is 0.618 e. The topological polar surface area (TPSA) is 139 Å². The highest BCUT2D eigenvalue weighted by molar-refractivity contribution is 6.31. The molecule has 0 bridgehead atoms. The molecule has 0 fully saturated rings. The average Bonchev–Trinajstić information content (AvgIpc) is 3.73. The van der Waals surface area contributed by atoms with Crippen LogP contribution in [0.25, 0.3) is 28.2 Å². The van der Waals surface area contributed by atoms with Crippen LogP contribution >= 0.6 is 11.6 Å². The molecule has 0 aliphatic rings. The van der Waals surface area contributed by atoms with Crippen LogP contribution in [-0.4, -0.2) is 52.8 Å². The highest BCUT2D eigenvalue weighted by Gasteiger charge is 2.27. The predicted molar refractivity (Wildman–Crippen MR) is 133 cm³/mol. The Morgan fingerprint density at radius 3 is 2.60 bits per heavy atom. The van der Waals surface area contributed by atoms with Gasteiger partial charge >= 0.3 is 13.2 Å². The molecule has 18 heteroatoms. The Hall–Kier alpha value is -4.95. The zero-order valence-corrected chi connectivity index (χ0v) is 21.7. The van der Waals surface area contributed by atoms with Crippen LogP contribution in [0.1, 0.15) is 30.4 Å². The Kier molecular flexibility index (Phi) is 8.08. The fourth-order valence-corrected chi connectivity index (χ4v) is 4.40. The van der Waals surface area contributed by atoms with Gasteiger partial charge in [-0.2, -0.15) is 42.4 Å². The monoisotopic (exact) mass is 606 g/mol. The molecule has 0 unspecified atom stereocenters. The Morgan fingerprint density at radius 1 is 1.10 bits per heavy atom. The number of ether oxygens (including phenoxy) is 1. The molecule has 0 spiro atoms. The van der Waals surface area contributed by atoms with Crippen LogP contribution in [0.3, 0.4) is 0 Å². The molecule has 0 N–H and O–H groups in total. The van der Waals surface area contributed by atoms with E-state index in [1.807, 2.05) is 6.07 Å². The lowest BCUT2D eigenvalue weighted by Gasteiger charge is -2.18. The molecule has 0 saturated carbocycles. The average molecular weight is 607 g/mol. The lowest BCUT2D eigenvalue weighted by Crippen LogP contribution is -2.36. The minimum Gasteiger partial charge on any atom is -0.618 e. The maximum Gasteiger partial charge on any atom is 0.345 e. The number of hydrogen-bond donors (Lipinski definition) is 0. The highest BCUT2D eigenvalue weighted by Crippen LogP contribution is 2.34. The summed E-state index contributed by atoms with van der Waals surface area (Å²) in [5.41, 5.74) is 0.130. The molecular formula is C24H16ClF5N10O2. The van der Waals surface area contributed by atoms with Crippen LogP contribution in [-0.2, 0) is 4.74 Å². The van der Waals surface area contributed by atoms with E-state index in [0.29, 0.717) is 9.41 Å². The summed E-state index contributed by atoms with van der Waals surface area (Å²) in [4.78, 5) is 3.81. The van der Waals surface area contributed by atoms with Gasteiger partial charge < -0.3 is 9.94 Å². The number of alkyl halides is 4. The van der Waals surface area contributed by atoms with Crippen LogP contribution in [0.5, 0.6) is 0 Å². The fraction of sp³-hybridized carbons (Fsp3) is 0.208. The van der Waals surface area contributed by atoms with Crippen LogP contribution in [0.4, 0.5) is 22.0 Å². The van der Waals surface area contributed by atoms with Gasteiger partial charge in [0.05, 0.1) is 46.4 Å². The van der Waals surface area contributed by atoms with E-state index in [9.17, 15) is 22.8 Å². The van der Waals surface area contributed by atoms with Crippen LogP contribution in [0.2, 0.25) is 5.02 Å². The SMILES string of the molecule is N#Cc1cn(-c2ccc(Cl)c(F)c2-c2ccc([C@H](CCOC(F)F)n3cc(-c4ncnn4C(F)F)cn3)[n+]([O-])c2)nn1. The van der Waals surface area contributed by atoms with Gasteiger partial charge in [-0.25, -0.2) is 14.1 Å². The second-order valence-electron chi connectivity index (χ2n) is 8.53. The van der Waals surface area contributed by atoms with Crippen molar-refractivity contribution < 1.29 is 31.4 Å². The van der Waals surface area contributed by atoms with Gasteiger partial charge in [-0.15, -0.1) is 5.10 Å². The van der Waals surface area contributed by atoms with Crippen LogP contribution in [0, 0.1) is 22.4 Å². The number of pyridine rings is 1. The first-order chi connectivity index (χ1) is 20.2. The number of aromatic nitrogens is 9. The molecule has 12 nitrogen and oxygen atoms in total. The fourth-order valence-electron chi connectivity index (χ4n) is 4.25. The second kappa shape index (κ2) is 11.9. The van der Waals surface area contributed by atoms with Gasteiger partial charge in [0.15, 0.2) is 23.5 Å². The molecule has 0 radical (unpaired) electrons. The minimum absolute atomic E-state index is 0.0156. The molecule has 42 heavy (non-hydrogen) atoms. The predicted octanol–water partition coefficient (Wildman–Crippen LogP) is 4.30. The van der Waals surface area contributed by atoms with Gasteiger partial charge in [-0.05, 0) is 18.2 Å². The number of hydrogen-bond acceptors (Lipinski definition) is 8. The van der Waals surface area contributed by atoms with E-state index in [4.69, 9.17) is 16.9 Å². The van der Waals surface area contributed by atoms with Crippen LogP contribution < -0.4 is 4.73 Å². The van der Waals surface area contributed by atoms with Crippen molar-refractivity contribution >= 4 is 11.6 Å². The molecule has 0 aliphatic carbocycles.